The maximum Gasteiger partial charge on any atom is 0.326 e. The molecule has 0 spiro atoms. The molecule has 0 aromatic rings. The number of amides is 1. The molecule has 0 bridgehead atoms. The number of ether oxygens (including phenoxy) is 1. The summed E-state index contributed by atoms with van der Waals surface area (Å²) in [6.07, 6.45) is 21.0. The summed E-state index contributed by atoms with van der Waals surface area (Å²) in [4.78, 5) is 34.3. The molecule has 0 radical (unpaired) electrons. The molecule has 0 aliphatic carbocycles. The number of carbonyl (C=O) groups is 3. The van der Waals surface area contributed by atoms with Crippen molar-refractivity contribution in [3.05, 3.63) is 0 Å². The fourth-order valence-corrected chi connectivity index (χ4v) is 5.50. The molecule has 1 amide bonds. The molecular weight excluding hydrogens is 442 g/mol. The van der Waals surface area contributed by atoms with Gasteiger partial charge in [0.1, 0.15) is 12.1 Å². The first kappa shape index (κ1) is 31.4. The van der Waals surface area contributed by atoms with Gasteiger partial charge in [-0.2, -0.15) is 0 Å². The minimum atomic E-state index is -0.987. The zero-order chi connectivity index (χ0) is 25.9. The van der Waals surface area contributed by atoms with Gasteiger partial charge in [0.25, 0.3) is 0 Å². The van der Waals surface area contributed by atoms with Crippen molar-refractivity contribution in [2.75, 3.05) is 0 Å². The van der Waals surface area contributed by atoms with E-state index in [4.69, 9.17) is 4.74 Å². The molecule has 1 aliphatic rings. The lowest BCUT2D eigenvalue weighted by atomic mass is 9.79. The lowest BCUT2D eigenvalue weighted by molar-refractivity contribution is -0.187. The molecule has 0 saturated carbocycles. The molecule has 0 aromatic heterocycles. The maximum atomic E-state index is 12.1. The number of rotatable bonds is 24. The lowest BCUT2D eigenvalue weighted by Gasteiger charge is -2.38. The predicted molar refractivity (Wildman–Crippen MR) is 141 cm³/mol. The first-order valence-electron chi connectivity index (χ1n) is 14.6. The van der Waals surface area contributed by atoms with Crippen LogP contribution in [-0.4, -0.2) is 35.6 Å². The monoisotopic (exact) mass is 495 g/mol. The van der Waals surface area contributed by atoms with Crippen molar-refractivity contribution >= 4 is 18.3 Å². The first-order chi connectivity index (χ1) is 16.9. The van der Waals surface area contributed by atoms with Crippen molar-refractivity contribution in [2.24, 2.45) is 17.8 Å². The molecule has 204 valence electrons. The zero-order valence-electron chi connectivity index (χ0n) is 22.8. The van der Waals surface area contributed by atoms with Gasteiger partial charge in [0.15, 0.2) is 0 Å². The van der Waals surface area contributed by atoms with Crippen LogP contribution in [0.4, 0.5) is 0 Å². The van der Waals surface area contributed by atoms with Crippen LogP contribution in [0.1, 0.15) is 136 Å². The van der Waals surface area contributed by atoms with Crippen LogP contribution in [-0.2, 0) is 19.1 Å². The summed E-state index contributed by atoms with van der Waals surface area (Å²) in [5.41, 5.74) is 0. The third kappa shape index (κ3) is 13.9. The summed E-state index contributed by atoms with van der Waals surface area (Å²) in [6.45, 7) is 6.51. The molecule has 2 N–H and O–H groups in total. The molecule has 1 heterocycles. The van der Waals surface area contributed by atoms with E-state index in [2.05, 4.69) is 26.1 Å². The molecular formula is C29H53NO5. The van der Waals surface area contributed by atoms with Gasteiger partial charge in [0, 0.05) is 0 Å². The highest BCUT2D eigenvalue weighted by Gasteiger charge is 2.42. The highest BCUT2D eigenvalue weighted by atomic mass is 16.6. The summed E-state index contributed by atoms with van der Waals surface area (Å²) in [7, 11) is 0. The Hall–Kier alpha value is -1.59. The van der Waals surface area contributed by atoms with Gasteiger partial charge in [0.05, 0.1) is 5.92 Å². The quantitative estimate of drug-likeness (QED) is 0.0851. The number of carboxylic acids is 1. The second kappa shape index (κ2) is 19.6. The number of hydrogen-bond donors (Lipinski definition) is 2. The van der Waals surface area contributed by atoms with Crippen LogP contribution >= 0.6 is 0 Å². The van der Waals surface area contributed by atoms with Gasteiger partial charge >= 0.3 is 11.9 Å². The maximum absolute atomic E-state index is 12.1. The number of hydrogen-bond acceptors (Lipinski definition) is 4. The van der Waals surface area contributed by atoms with E-state index >= 15 is 0 Å². The molecule has 2 unspecified atom stereocenters. The molecule has 1 aliphatic heterocycles. The van der Waals surface area contributed by atoms with E-state index in [1.54, 1.807) is 0 Å². The largest absolute Gasteiger partial charge is 0.480 e. The van der Waals surface area contributed by atoms with Gasteiger partial charge < -0.3 is 15.2 Å². The highest BCUT2D eigenvalue weighted by Crippen LogP contribution is 2.36. The van der Waals surface area contributed by atoms with Crippen LogP contribution in [0.25, 0.3) is 0 Å². The molecule has 1 rings (SSSR count). The van der Waals surface area contributed by atoms with Crippen molar-refractivity contribution < 1.29 is 24.2 Å². The minimum Gasteiger partial charge on any atom is -0.480 e. The fraction of sp³-hybridized carbons (Fsp3) is 0.897. The smallest absolute Gasteiger partial charge is 0.326 e. The van der Waals surface area contributed by atoms with Crippen LogP contribution in [0, 0.1) is 17.8 Å². The number of unbranched alkanes of at least 4 members (excludes halogenated alkanes) is 11. The SMILES string of the molecule is CCCCCCCCCCC[C@@H](CC(C)CC(NC=O)C(=O)O)C[C@@H]1OC(=O)[C@H]1CCCCCC. The average Bonchev–Trinajstić information content (AvgIpc) is 2.82. The number of cyclic esters (lactones) is 1. The summed E-state index contributed by atoms with van der Waals surface area (Å²) < 4.78 is 5.58. The Bertz CT molecular complexity index is 581. The predicted octanol–water partition coefficient (Wildman–Crippen LogP) is 7.04. The Balaban J connectivity index is 2.53. The van der Waals surface area contributed by atoms with Crippen molar-refractivity contribution in [1.29, 1.82) is 0 Å². The number of carbonyl (C=O) groups excluding carboxylic acids is 2. The second-order valence-corrected chi connectivity index (χ2v) is 10.9. The van der Waals surface area contributed by atoms with Crippen LogP contribution in [0.15, 0.2) is 0 Å². The van der Waals surface area contributed by atoms with E-state index < -0.39 is 12.0 Å². The Labute approximate surface area is 214 Å². The average molecular weight is 496 g/mol. The van der Waals surface area contributed by atoms with Gasteiger partial charge in [0.2, 0.25) is 6.41 Å². The van der Waals surface area contributed by atoms with E-state index in [0.717, 1.165) is 32.1 Å². The Morgan fingerprint density at radius 3 is 2.06 bits per heavy atom. The molecule has 5 atom stereocenters. The van der Waals surface area contributed by atoms with Gasteiger partial charge in [-0.3, -0.25) is 9.59 Å². The van der Waals surface area contributed by atoms with E-state index in [1.165, 1.54) is 77.0 Å². The molecule has 0 aromatic carbocycles. The van der Waals surface area contributed by atoms with Gasteiger partial charge in [-0.25, -0.2) is 4.79 Å². The summed E-state index contributed by atoms with van der Waals surface area (Å²) in [5.74, 6) is -0.402. The Morgan fingerprint density at radius 1 is 0.943 bits per heavy atom. The number of nitrogens with one attached hydrogen (secondary N) is 1. The van der Waals surface area contributed by atoms with Gasteiger partial charge in [-0.05, 0) is 37.5 Å². The first-order valence-corrected chi connectivity index (χ1v) is 14.6. The molecule has 6 nitrogen and oxygen atoms in total. The molecule has 35 heavy (non-hydrogen) atoms. The summed E-state index contributed by atoms with van der Waals surface area (Å²) in [5, 5.41) is 11.8. The third-order valence-electron chi connectivity index (χ3n) is 7.61. The molecule has 6 heteroatoms. The fourth-order valence-electron chi connectivity index (χ4n) is 5.50. The van der Waals surface area contributed by atoms with Crippen molar-refractivity contribution in [2.45, 2.75) is 148 Å². The summed E-state index contributed by atoms with van der Waals surface area (Å²) in [6, 6.07) is -0.844. The van der Waals surface area contributed by atoms with E-state index in [-0.39, 0.29) is 23.9 Å². The van der Waals surface area contributed by atoms with Gasteiger partial charge in [-0.1, -0.05) is 111 Å². The van der Waals surface area contributed by atoms with E-state index in [0.29, 0.717) is 18.7 Å². The number of carboxylic acid groups (broad SMARTS) is 1. The van der Waals surface area contributed by atoms with Crippen molar-refractivity contribution in [3.63, 3.8) is 0 Å². The van der Waals surface area contributed by atoms with Crippen molar-refractivity contribution in [1.82, 2.24) is 5.32 Å². The summed E-state index contributed by atoms with van der Waals surface area (Å²) >= 11 is 0. The van der Waals surface area contributed by atoms with Gasteiger partial charge in [-0.15, -0.1) is 0 Å². The highest BCUT2D eigenvalue weighted by molar-refractivity contribution is 5.78. The van der Waals surface area contributed by atoms with Crippen LogP contribution in [0.3, 0.4) is 0 Å². The Morgan fingerprint density at radius 2 is 1.51 bits per heavy atom. The minimum absolute atomic E-state index is 0.0169. The molecule has 1 saturated heterocycles. The molecule has 1 fully saturated rings. The van der Waals surface area contributed by atoms with Crippen LogP contribution in [0.2, 0.25) is 0 Å². The van der Waals surface area contributed by atoms with E-state index in [9.17, 15) is 19.5 Å². The van der Waals surface area contributed by atoms with Crippen molar-refractivity contribution in [3.8, 4) is 0 Å². The van der Waals surface area contributed by atoms with Crippen LogP contribution < -0.4 is 5.32 Å². The third-order valence-corrected chi connectivity index (χ3v) is 7.61. The number of aliphatic carboxylic acids is 1. The van der Waals surface area contributed by atoms with Crippen LogP contribution in [0.5, 0.6) is 0 Å². The topological polar surface area (TPSA) is 92.7 Å². The zero-order valence-corrected chi connectivity index (χ0v) is 22.8. The number of esters is 1. The standard InChI is InChI=1S/C29H53NO5/c1-4-6-8-10-11-12-13-14-15-17-24(19-23(3)20-26(28(32)33)30-22-31)21-27-25(29(34)35-27)18-16-9-7-5-2/h22-27H,4-21H2,1-3H3,(H,30,31)(H,32,33)/t23?,24-,25-,26?,27-/m0/s1. The van der Waals surface area contributed by atoms with E-state index in [1.807, 2.05) is 0 Å². The lowest BCUT2D eigenvalue weighted by Crippen LogP contribution is -2.46. The normalized spacial score (nSPS) is 19.9. The second-order valence-electron chi connectivity index (χ2n) is 10.9. The Kier molecular flexibility index (Phi) is 17.6.